The Morgan fingerprint density at radius 2 is 1.32 bits per heavy atom. The Hall–Kier alpha value is -1.38. The van der Waals surface area contributed by atoms with Crippen molar-refractivity contribution in [2.45, 2.75) is 39.5 Å². The van der Waals surface area contributed by atoms with Crippen LogP contribution >= 0.6 is 0 Å². The summed E-state index contributed by atoms with van der Waals surface area (Å²) in [5, 5.41) is 0. The van der Waals surface area contributed by atoms with Gasteiger partial charge in [-0.2, -0.15) is 0 Å². The number of ether oxygens (including phenoxy) is 2. The fourth-order valence-corrected chi connectivity index (χ4v) is 2.04. The molecule has 19 heavy (non-hydrogen) atoms. The molecule has 1 rings (SSSR count). The van der Waals surface area contributed by atoms with Gasteiger partial charge in [-0.05, 0) is 12.8 Å². The van der Waals surface area contributed by atoms with Crippen molar-refractivity contribution in [3.63, 3.8) is 0 Å². The van der Waals surface area contributed by atoms with Gasteiger partial charge < -0.3 is 14.4 Å². The van der Waals surface area contributed by atoms with Gasteiger partial charge in [-0.1, -0.05) is 26.7 Å². The van der Waals surface area contributed by atoms with Crippen LogP contribution in [0.5, 0.6) is 11.5 Å². The van der Waals surface area contributed by atoms with Crippen molar-refractivity contribution < 1.29 is 9.47 Å². The van der Waals surface area contributed by atoms with Crippen LogP contribution < -0.4 is 14.4 Å². The quantitative estimate of drug-likeness (QED) is 0.670. The molecule has 0 atom stereocenters. The van der Waals surface area contributed by atoms with Crippen molar-refractivity contribution in [3.8, 4) is 11.5 Å². The second kappa shape index (κ2) is 8.68. The zero-order valence-electron chi connectivity index (χ0n) is 12.7. The number of hydrogen-bond acceptors (Lipinski definition) is 3. The molecular formula is C16H27NO2. The van der Waals surface area contributed by atoms with Crippen LogP contribution in [0.3, 0.4) is 0 Å². The molecule has 0 saturated carbocycles. The fraction of sp³-hybridized carbons (Fsp3) is 0.625. The van der Waals surface area contributed by atoms with Crippen molar-refractivity contribution in [2.24, 2.45) is 0 Å². The second-order valence-electron chi connectivity index (χ2n) is 4.77. The molecule has 0 radical (unpaired) electrons. The van der Waals surface area contributed by atoms with Crippen LogP contribution in [-0.4, -0.2) is 27.3 Å². The molecular weight excluding hydrogens is 238 g/mol. The molecule has 3 nitrogen and oxygen atoms in total. The Labute approximate surface area is 117 Å². The van der Waals surface area contributed by atoms with Gasteiger partial charge in [-0.25, -0.2) is 0 Å². The molecule has 0 spiro atoms. The molecule has 1 aromatic rings. The average Bonchev–Trinajstić information content (AvgIpc) is 2.46. The average molecular weight is 265 g/mol. The monoisotopic (exact) mass is 265 g/mol. The minimum atomic E-state index is 0.854. The molecule has 0 bridgehead atoms. The van der Waals surface area contributed by atoms with Crippen LogP contribution in [0.4, 0.5) is 5.69 Å². The van der Waals surface area contributed by atoms with Gasteiger partial charge in [-0.3, -0.25) is 0 Å². The van der Waals surface area contributed by atoms with Gasteiger partial charge in [0, 0.05) is 37.0 Å². The van der Waals surface area contributed by atoms with Gasteiger partial charge in [0.1, 0.15) is 11.5 Å². The van der Waals surface area contributed by atoms with Crippen molar-refractivity contribution in [1.29, 1.82) is 0 Å². The first-order valence-corrected chi connectivity index (χ1v) is 7.23. The largest absolute Gasteiger partial charge is 0.497 e. The summed E-state index contributed by atoms with van der Waals surface area (Å²) in [6.07, 6.45) is 4.85. The molecule has 0 N–H and O–H groups in total. The number of methoxy groups -OCH3 is 2. The van der Waals surface area contributed by atoms with Crippen LogP contribution in [0.15, 0.2) is 18.2 Å². The summed E-state index contributed by atoms with van der Waals surface area (Å²) in [6, 6.07) is 6.10. The van der Waals surface area contributed by atoms with Gasteiger partial charge in [0.2, 0.25) is 0 Å². The van der Waals surface area contributed by atoms with E-state index in [0.29, 0.717) is 0 Å². The van der Waals surface area contributed by atoms with E-state index in [1.165, 1.54) is 31.4 Å². The number of unbranched alkanes of at least 4 members (excludes halogenated alkanes) is 2. The SMILES string of the molecule is CCCCN(CCCC)c1cc(OC)cc(OC)c1. The molecule has 0 unspecified atom stereocenters. The highest BCUT2D eigenvalue weighted by atomic mass is 16.5. The summed E-state index contributed by atoms with van der Waals surface area (Å²) in [5.41, 5.74) is 1.19. The smallest absolute Gasteiger partial charge is 0.124 e. The summed E-state index contributed by atoms with van der Waals surface area (Å²) >= 11 is 0. The van der Waals surface area contributed by atoms with Gasteiger partial charge >= 0.3 is 0 Å². The number of rotatable bonds is 9. The first kappa shape index (κ1) is 15.7. The number of anilines is 1. The van der Waals surface area contributed by atoms with Crippen LogP contribution in [0.2, 0.25) is 0 Å². The van der Waals surface area contributed by atoms with Crippen molar-refractivity contribution in [1.82, 2.24) is 0 Å². The molecule has 3 heteroatoms. The zero-order chi connectivity index (χ0) is 14.1. The number of nitrogens with zero attached hydrogens (tertiary/aromatic N) is 1. The van der Waals surface area contributed by atoms with Crippen molar-refractivity contribution in [3.05, 3.63) is 18.2 Å². The third-order valence-corrected chi connectivity index (χ3v) is 3.26. The van der Waals surface area contributed by atoms with E-state index < -0.39 is 0 Å². The summed E-state index contributed by atoms with van der Waals surface area (Å²) in [5.74, 6) is 1.71. The standard InChI is InChI=1S/C16H27NO2/c1-5-7-9-17(10-8-6-2)14-11-15(18-3)13-16(12-14)19-4/h11-13H,5-10H2,1-4H3. The highest BCUT2D eigenvalue weighted by Gasteiger charge is 2.09. The highest BCUT2D eigenvalue weighted by Crippen LogP contribution is 2.28. The lowest BCUT2D eigenvalue weighted by atomic mass is 10.2. The topological polar surface area (TPSA) is 21.7 Å². The third-order valence-electron chi connectivity index (χ3n) is 3.26. The molecule has 0 saturated heterocycles. The molecule has 0 aromatic heterocycles. The van der Waals surface area contributed by atoms with Crippen LogP contribution in [0.25, 0.3) is 0 Å². The minimum Gasteiger partial charge on any atom is -0.497 e. The third kappa shape index (κ3) is 5.01. The van der Waals surface area contributed by atoms with E-state index in [1.54, 1.807) is 14.2 Å². The van der Waals surface area contributed by atoms with E-state index in [4.69, 9.17) is 9.47 Å². The summed E-state index contributed by atoms with van der Waals surface area (Å²) in [4.78, 5) is 2.43. The van der Waals surface area contributed by atoms with E-state index >= 15 is 0 Å². The second-order valence-corrected chi connectivity index (χ2v) is 4.77. The summed E-state index contributed by atoms with van der Waals surface area (Å²) < 4.78 is 10.7. The minimum absolute atomic E-state index is 0.854. The maximum atomic E-state index is 5.35. The predicted molar refractivity (Wildman–Crippen MR) is 81.6 cm³/mol. The van der Waals surface area contributed by atoms with E-state index in [0.717, 1.165) is 24.6 Å². The Morgan fingerprint density at radius 1 is 0.842 bits per heavy atom. The van der Waals surface area contributed by atoms with Crippen molar-refractivity contribution in [2.75, 3.05) is 32.2 Å². The number of benzene rings is 1. The Bertz CT molecular complexity index is 336. The molecule has 0 aliphatic rings. The number of hydrogen-bond donors (Lipinski definition) is 0. The Balaban J connectivity index is 2.91. The maximum Gasteiger partial charge on any atom is 0.124 e. The Morgan fingerprint density at radius 3 is 1.68 bits per heavy atom. The van der Waals surface area contributed by atoms with E-state index in [9.17, 15) is 0 Å². The highest BCUT2D eigenvalue weighted by molar-refractivity contribution is 5.55. The first-order chi connectivity index (χ1) is 9.24. The maximum absolute atomic E-state index is 5.35. The van der Waals surface area contributed by atoms with E-state index in [2.05, 4.69) is 30.9 Å². The van der Waals surface area contributed by atoms with E-state index in [1.807, 2.05) is 6.07 Å². The normalized spacial score (nSPS) is 10.3. The van der Waals surface area contributed by atoms with Crippen molar-refractivity contribution >= 4 is 5.69 Å². The Kier molecular flexibility index (Phi) is 7.16. The van der Waals surface area contributed by atoms with Gasteiger partial charge in [-0.15, -0.1) is 0 Å². The molecule has 0 aliphatic heterocycles. The lowest BCUT2D eigenvalue weighted by Gasteiger charge is -2.25. The molecule has 0 amide bonds. The van der Waals surface area contributed by atoms with Crippen LogP contribution in [0, 0.1) is 0 Å². The lowest BCUT2D eigenvalue weighted by Crippen LogP contribution is -2.25. The van der Waals surface area contributed by atoms with Crippen LogP contribution in [-0.2, 0) is 0 Å². The van der Waals surface area contributed by atoms with Crippen LogP contribution in [0.1, 0.15) is 39.5 Å². The van der Waals surface area contributed by atoms with Gasteiger partial charge in [0.25, 0.3) is 0 Å². The predicted octanol–water partition coefficient (Wildman–Crippen LogP) is 4.11. The zero-order valence-corrected chi connectivity index (χ0v) is 12.7. The van der Waals surface area contributed by atoms with Gasteiger partial charge in [0.05, 0.1) is 14.2 Å². The first-order valence-electron chi connectivity index (χ1n) is 7.23. The molecule has 0 heterocycles. The molecule has 0 aliphatic carbocycles. The molecule has 108 valence electrons. The molecule has 0 fully saturated rings. The fourth-order valence-electron chi connectivity index (χ4n) is 2.04. The lowest BCUT2D eigenvalue weighted by molar-refractivity contribution is 0.394. The molecule has 1 aromatic carbocycles. The summed E-state index contributed by atoms with van der Waals surface area (Å²) in [7, 11) is 3.39. The van der Waals surface area contributed by atoms with Gasteiger partial charge in [0.15, 0.2) is 0 Å². The van der Waals surface area contributed by atoms with E-state index in [-0.39, 0.29) is 0 Å². The summed E-state index contributed by atoms with van der Waals surface area (Å²) in [6.45, 7) is 6.63.